The van der Waals surface area contributed by atoms with Gasteiger partial charge in [-0.2, -0.15) is 0 Å². The van der Waals surface area contributed by atoms with Gasteiger partial charge in [-0.05, 0) is 57.7 Å². The van der Waals surface area contributed by atoms with Crippen LogP contribution in [0, 0.1) is 6.92 Å². The predicted octanol–water partition coefficient (Wildman–Crippen LogP) is 3.60. The maximum absolute atomic E-state index is 12.4. The number of ether oxygens (including phenoxy) is 1. The first kappa shape index (κ1) is 18.4. The van der Waals surface area contributed by atoms with Crippen LogP contribution in [0.5, 0.6) is 0 Å². The Morgan fingerprint density at radius 2 is 1.92 bits per heavy atom. The average molecular weight is 344 g/mol. The van der Waals surface area contributed by atoms with Crippen LogP contribution in [0.1, 0.15) is 62.1 Å². The Hall–Kier alpha value is -1.39. The molecule has 2 aliphatic rings. The zero-order valence-electron chi connectivity index (χ0n) is 15.5. The molecule has 0 spiro atoms. The Labute approximate surface area is 151 Å². The summed E-state index contributed by atoms with van der Waals surface area (Å²) in [5.74, 6) is 0.126. The first-order valence-electron chi connectivity index (χ1n) is 9.91. The van der Waals surface area contributed by atoms with E-state index in [4.69, 9.17) is 4.74 Å². The summed E-state index contributed by atoms with van der Waals surface area (Å²) in [5, 5.41) is 3.18. The largest absolute Gasteiger partial charge is 0.378 e. The van der Waals surface area contributed by atoms with Crippen LogP contribution in [-0.2, 0) is 9.53 Å². The van der Waals surface area contributed by atoms with Gasteiger partial charge in [0.1, 0.15) is 0 Å². The first-order chi connectivity index (χ1) is 12.2. The lowest BCUT2D eigenvalue weighted by Crippen LogP contribution is -2.41. The van der Waals surface area contributed by atoms with Gasteiger partial charge in [-0.1, -0.05) is 36.2 Å². The average Bonchev–Trinajstić information content (AvgIpc) is 2.65. The van der Waals surface area contributed by atoms with E-state index in [1.54, 1.807) is 0 Å². The molecule has 3 rings (SSSR count). The molecule has 1 amide bonds. The Bertz CT molecular complexity index is 531. The van der Waals surface area contributed by atoms with Crippen LogP contribution in [0.4, 0.5) is 0 Å². The Kier molecular flexibility index (Phi) is 6.88. The third-order valence-electron chi connectivity index (χ3n) is 5.47. The van der Waals surface area contributed by atoms with Crippen molar-refractivity contribution in [2.45, 2.75) is 64.0 Å². The molecule has 25 heavy (non-hydrogen) atoms. The summed E-state index contributed by atoms with van der Waals surface area (Å²) in [4.78, 5) is 14.9. The lowest BCUT2D eigenvalue weighted by atomic mass is 10.00. The lowest BCUT2D eigenvalue weighted by Gasteiger charge is -2.35. The van der Waals surface area contributed by atoms with E-state index in [2.05, 4.69) is 41.4 Å². The molecule has 2 atom stereocenters. The van der Waals surface area contributed by atoms with Crippen molar-refractivity contribution < 1.29 is 9.53 Å². The highest BCUT2D eigenvalue weighted by molar-refractivity contribution is 5.76. The van der Waals surface area contributed by atoms with Crippen molar-refractivity contribution in [2.75, 3.05) is 26.2 Å². The zero-order chi connectivity index (χ0) is 17.5. The highest BCUT2D eigenvalue weighted by atomic mass is 16.5. The molecule has 2 heterocycles. The van der Waals surface area contributed by atoms with Gasteiger partial charge < -0.3 is 10.1 Å². The number of aryl methyl sites for hydroxylation is 1. The normalized spacial score (nSPS) is 23.2. The molecule has 2 saturated heterocycles. The number of hydrogen-bond donors (Lipinski definition) is 1. The van der Waals surface area contributed by atoms with E-state index >= 15 is 0 Å². The Morgan fingerprint density at radius 3 is 2.60 bits per heavy atom. The van der Waals surface area contributed by atoms with Crippen molar-refractivity contribution in [1.29, 1.82) is 0 Å². The molecule has 0 bridgehead atoms. The number of piperidine rings is 1. The van der Waals surface area contributed by atoms with E-state index in [0.717, 1.165) is 32.5 Å². The topological polar surface area (TPSA) is 41.6 Å². The fourth-order valence-corrected chi connectivity index (χ4v) is 3.93. The third kappa shape index (κ3) is 5.55. The molecule has 0 radical (unpaired) electrons. The van der Waals surface area contributed by atoms with E-state index in [-0.39, 0.29) is 18.1 Å². The minimum Gasteiger partial charge on any atom is -0.378 e. The van der Waals surface area contributed by atoms with Gasteiger partial charge in [-0.3, -0.25) is 9.69 Å². The number of hydrogen-bond acceptors (Lipinski definition) is 3. The summed E-state index contributed by atoms with van der Waals surface area (Å²) < 4.78 is 5.70. The second-order valence-corrected chi connectivity index (χ2v) is 7.52. The van der Waals surface area contributed by atoms with Crippen LogP contribution in [0.25, 0.3) is 0 Å². The van der Waals surface area contributed by atoms with Gasteiger partial charge in [0.15, 0.2) is 0 Å². The molecule has 0 aromatic heterocycles. The van der Waals surface area contributed by atoms with Crippen molar-refractivity contribution in [3.05, 3.63) is 35.4 Å². The van der Waals surface area contributed by atoms with Crippen LogP contribution < -0.4 is 5.32 Å². The molecule has 1 aromatic rings. The molecular formula is C21H32N2O2. The lowest BCUT2D eigenvalue weighted by molar-refractivity contribution is -0.125. The van der Waals surface area contributed by atoms with Crippen molar-refractivity contribution in [3.8, 4) is 0 Å². The SMILES string of the molecule is Cc1ccc(C(CNC(=O)CC2CCCCO2)N2CCCCC2)cc1. The molecular weight excluding hydrogens is 312 g/mol. The molecule has 2 fully saturated rings. The van der Waals surface area contributed by atoms with E-state index in [0.29, 0.717) is 13.0 Å². The molecule has 1 aromatic carbocycles. The summed E-state index contributed by atoms with van der Waals surface area (Å²) in [6, 6.07) is 9.04. The minimum atomic E-state index is 0.113. The van der Waals surface area contributed by atoms with Crippen LogP contribution in [0.2, 0.25) is 0 Å². The molecule has 2 aliphatic heterocycles. The van der Waals surface area contributed by atoms with Gasteiger partial charge >= 0.3 is 0 Å². The number of carbonyl (C=O) groups excluding carboxylic acids is 1. The van der Waals surface area contributed by atoms with Crippen LogP contribution in [0.3, 0.4) is 0 Å². The van der Waals surface area contributed by atoms with Gasteiger partial charge in [0.25, 0.3) is 0 Å². The number of rotatable bonds is 6. The maximum Gasteiger partial charge on any atom is 0.222 e. The Morgan fingerprint density at radius 1 is 1.16 bits per heavy atom. The van der Waals surface area contributed by atoms with Crippen LogP contribution in [0.15, 0.2) is 24.3 Å². The fourth-order valence-electron chi connectivity index (χ4n) is 3.93. The fraction of sp³-hybridized carbons (Fsp3) is 0.667. The van der Waals surface area contributed by atoms with E-state index in [1.807, 2.05) is 0 Å². The second-order valence-electron chi connectivity index (χ2n) is 7.52. The number of nitrogens with one attached hydrogen (secondary N) is 1. The molecule has 0 aliphatic carbocycles. The van der Waals surface area contributed by atoms with Gasteiger partial charge in [-0.25, -0.2) is 0 Å². The van der Waals surface area contributed by atoms with Gasteiger partial charge in [-0.15, -0.1) is 0 Å². The second kappa shape index (κ2) is 9.35. The van der Waals surface area contributed by atoms with Crippen molar-refractivity contribution >= 4 is 5.91 Å². The molecule has 2 unspecified atom stereocenters. The highest BCUT2D eigenvalue weighted by Gasteiger charge is 2.24. The third-order valence-corrected chi connectivity index (χ3v) is 5.47. The summed E-state index contributed by atoms with van der Waals surface area (Å²) in [6.07, 6.45) is 7.77. The maximum atomic E-state index is 12.4. The van der Waals surface area contributed by atoms with Crippen molar-refractivity contribution in [1.82, 2.24) is 10.2 Å². The highest BCUT2D eigenvalue weighted by Crippen LogP contribution is 2.24. The summed E-state index contributed by atoms with van der Waals surface area (Å²) in [5.41, 5.74) is 2.58. The summed E-state index contributed by atoms with van der Waals surface area (Å²) in [6.45, 7) is 5.86. The summed E-state index contributed by atoms with van der Waals surface area (Å²) >= 11 is 0. The number of likely N-dealkylation sites (tertiary alicyclic amines) is 1. The summed E-state index contributed by atoms with van der Waals surface area (Å²) in [7, 11) is 0. The van der Waals surface area contributed by atoms with Gasteiger partial charge in [0.05, 0.1) is 18.6 Å². The van der Waals surface area contributed by atoms with Crippen LogP contribution >= 0.6 is 0 Å². The Balaban J connectivity index is 1.58. The predicted molar refractivity (Wildman–Crippen MR) is 101 cm³/mol. The van der Waals surface area contributed by atoms with Gasteiger partial charge in [0, 0.05) is 13.2 Å². The number of nitrogens with zero attached hydrogens (tertiary/aromatic N) is 1. The van der Waals surface area contributed by atoms with Crippen molar-refractivity contribution in [3.63, 3.8) is 0 Å². The number of amides is 1. The first-order valence-corrected chi connectivity index (χ1v) is 9.91. The zero-order valence-corrected chi connectivity index (χ0v) is 15.5. The van der Waals surface area contributed by atoms with Gasteiger partial charge in [0.2, 0.25) is 5.91 Å². The molecule has 1 N–H and O–H groups in total. The molecule has 4 heteroatoms. The monoisotopic (exact) mass is 344 g/mol. The van der Waals surface area contributed by atoms with E-state index in [1.165, 1.54) is 36.8 Å². The van der Waals surface area contributed by atoms with Crippen molar-refractivity contribution in [2.24, 2.45) is 0 Å². The molecule has 4 nitrogen and oxygen atoms in total. The van der Waals surface area contributed by atoms with E-state index in [9.17, 15) is 4.79 Å². The minimum absolute atomic E-state index is 0.113. The van der Waals surface area contributed by atoms with E-state index < -0.39 is 0 Å². The number of benzene rings is 1. The quantitative estimate of drug-likeness (QED) is 0.857. The smallest absolute Gasteiger partial charge is 0.222 e. The number of carbonyl (C=O) groups is 1. The standard InChI is InChI=1S/C21H32N2O2/c1-17-8-10-18(11-9-17)20(23-12-4-2-5-13-23)16-22-21(24)15-19-7-3-6-14-25-19/h8-11,19-20H,2-7,12-16H2,1H3,(H,22,24). The molecule has 0 saturated carbocycles. The molecule has 138 valence electrons. The van der Waals surface area contributed by atoms with Crippen LogP contribution in [-0.4, -0.2) is 43.2 Å².